The largest absolute Gasteiger partial charge is 0.507 e. The van der Waals surface area contributed by atoms with Crippen LogP contribution in [0.25, 0.3) is 10.9 Å². The van der Waals surface area contributed by atoms with E-state index < -0.39 is 0 Å². The third-order valence-corrected chi connectivity index (χ3v) is 5.31. The molecule has 1 amide bonds. The summed E-state index contributed by atoms with van der Waals surface area (Å²) in [5, 5.41) is 14.6. The van der Waals surface area contributed by atoms with Crippen LogP contribution in [0.15, 0.2) is 65.6 Å². The molecule has 4 aromatic rings. The van der Waals surface area contributed by atoms with Gasteiger partial charge in [-0.3, -0.25) is 9.59 Å². The van der Waals surface area contributed by atoms with Crippen molar-refractivity contribution in [1.82, 2.24) is 15.3 Å². The van der Waals surface area contributed by atoms with E-state index in [1.807, 2.05) is 6.07 Å². The van der Waals surface area contributed by atoms with Gasteiger partial charge in [-0.2, -0.15) is 0 Å². The van der Waals surface area contributed by atoms with Crippen molar-refractivity contribution in [2.45, 2.75) is 13.0 Å². The number of amides is 1. The Hall–Kier alpha value is -3.84. The van der Waals surface area contributed by atoms with Crippen LogP contribution in [0, 0.1) is 0 Å². The van der Waals surface area contributed by atoms with Gasteiger partial charge in [0, 0.05) is 41.2 Å². The van der Waals surface area contributed by atoms with Crippen LogP contribution in [0.1, 0.15) is 27.0 Å². The molecule has 2 heterocycles. The monoisotopic (exact) mass is 449 g/mol. The lowest BCUT2D eigenvalue weighted by molar-refractivity contribution is 0.0951. The molecule has 0 fully saturated rings. The third kappa shape index (κ3) is 4.58. The molecule has 0 spiro atoms. The van der Waals surface area contributed by atoms with E-state index in [1.165, 1.54) is 7.11 Å². The number of aromatic nitrogens is 2. The molecule has 0 aliphatic heterocycles. The molecule has 0 aliphatic carbocycles. The molecule has 2 aromatic heterocycles. The fourth-order valence-electron chi connectivity index (χ4n) is 3.43. The number of pyridine rings is 2. The maximum Gasteiger partial charge on any atom is 0.255 e. The summed E-state index contributed by atoms with van der Waals surface area (Å²) in [7, 11) is 1.53. The standard InChI is InChI=1S/C24H20ClN3O4/c1-32-21-11-15(7-8-26-21)13-27-23(30)16-5-6-20-18(12-16)22(29)19(24(31)28-20)10-14-3-2-4-17(25)9-14/h2-9,11-12H,10,13H2,1H3,(H,27,30)(H2,28,29,31). The summed E-state index contributed by atoms with van der Waals surface area (Å²) < 4.78 is 5.09. The number of carbonyl (C=O) groups is 1. The first-order chi connectivity index (χ1) is 15.4. The SMILES string of the molecule is COc1cc(CNC(=O)c2ccc3[nH]c(=O)c(Cc4cccc(Cl)c4)c(O)c3c2)ccn1. The van der Waals surface area contributed by atoms with E-state index in [-0.39, 0.29) is 35.7 Å². The van der Waals surface area contributed by atoms with Gasteiger partial charge in [0.05, 0.1) is 18.2 Å². The Bertz CT molecular complexity index is 1370. The average Bonchev–Trinajstić information content (AvgIpc) is 2.80. The zero-order valence-electron chi connectivity index (χ0n) is 17.2. The maximum atomic E-state index is 12.7. The summed E-state index contributed by atoms with van der Waals surface area (Å²) in [6.45, 7) is 0.285. The van der Waals surface area contributed by atoms with Crippen molar-refractivity contribution in [2.24, 2.45) is 0 Å². The number of benzene rings is 2. The number of ether oxygens (including phenoxy) is 1. The first-order valence-electron chi connectivity index (χ1n) is 9.84. The molecule has 4 rings (SSSR count). The molecule has 0 aliphatic rings. The summed E-state index contributed by atoms with van der Waals surface area (Å²) in [5.41, 5.74) is 2.24. The van der Waals surface area contributed by atoms with Gasteiger partial charge in [-0.15, -0.1) is 0 Å². The summed E-state index contributed by atoms with van der Waals surface area (Å²) in [5.74, 6) is -0.00882. The lowest BCUT2D eigenvalue weighted by Crippen LogP contribution is -2.23. The minimum atomic E-state index is -0.390. The number of H-pyrrole nitrogens is 1. The lowest BCUT2D eigenvalue weighted by Gasteiger charge is -2.10. The van der Waals surface area contributed by atoms with Gasteiger partial charge < -0.3 is 20.1 Å². The molecule has 2 aromatic carbocycles. The van der Waals surface area contributed by atoms with Gasteiger partial charge in [-0.05, 0) is 47.5 Å². The lowest BCUT2D eigenvalue weighted by atomic mass is 10.0. The van der Waals surface area contributed by atoms with E-state index in [0.717, 1.165) is 11.1 Å². The number of nitrogens with one attached hydrogen (secondary N) is 2. The Kier molecular flexibility index (Phi) is 6.09. The molecular formula is C24H20ClN3O4. The third-order valence-electron chi connectivity index (χ3n) is 5.08. The number of hydrogen-bond donors (Lipinski definition) is 3. The van der Waals surface area contributed by atoms with Gasteiger partial charge in [-0.1, -0.05) is 23.7 Å². The first-order valence-corrected chi connectivity index (χ1v) is 10.2. The van der Waals surface area contributed by atoms with Crippen LogP contribution in [0.5, 0.6) is 11.6 Å². The van der Waals surface area contributed by atoms with Crippen LogP contribution >= 0.6 is 11.6 Å². The normalized spacial score (nSPS) is 10.8. The fourth-order valence-corrected chi connectivity index (χ4v) is 3.64. The highest BCUT2D eigenvalue weighted by molar-refractivity contribution is 6.30. The summed E-state index contributed by atoms with van der Waals surface area (Å²) in [6.07, 6.45) is 1.81. The number of methoxy groups -OCH3 is 1. The van der Waals surface area contributed by atoms with Crippen molar-refractivity contribution in [3.8, 4) is 11.6 Å². The predicted octanol–water partition coefficient (Wildman–Crippen LogP) is 3.81. The zero-order valence-corrected chi connectivity index (χ0v) is 17.9. The van der Waals surface area contributed by atoms with Crippen molar-refractivity contribution in [3.63, 3.8) is 0 Å². The van der Waals surface area contributed by atoms with Crippen molar-refractivity contribution in [1.29, 1.82) is 0 Å². The highest BCUT2D eigenvalue weighted by Crippen LogP contribution is 2.28. The summed E-state index contributed by atoms with van der Waals surface area (Å²) >= 11 is 6.03. The second-order valence-electron chi connectivity index (χ2n) is 7.24. The number of carbonyl (C=O) groups excluding carboxylic acids is 1. The van der Waals surface area contributed by atoms with E-state index in [4.69, 9.17) is 16.3 Å². The number of fused-ring (bicyclic) bond motifs is 1. The van der Waals surface area contributed by atoms with Crippen molar-refractivity contribution in [2.75, 3.05) is 7.11 Å². The van der Waals surface area contributed by atoms with Crippen LogP contribution in [0.4, 0.5) is 0 Å². The average molecular weight is 450 g/mol. The molecular weight excluding hydrogens is 430 g/mol. The van der Waals surface area contributed by atoms with Crippen LogP contribution in [-0.4, -0.2) is 28.1 Å². The predicted molar refractivity (Wildman–Crippen MR) is 122 cm³/mol. The van der Waals surface area contributed by atoms with Gasteiger partial charge in [0.1, 0.15) is 5.75 Å². The molecule has 8 heteroatoms. The molecule has 0 saturated heterocycles. The van der Waals surface area contributed by atoms with E-state index >= 15 is 0 Å². The minimum Gasteiger partial charge on any atom is -0.507 e. The van der Waals surface area contributed by atoms with Crippen molar-refractivity contribution < 1.29 is 14.6 Å². The number of aromatic amines is 1. The quantitative estimate of drug-likeness (QED) is 0.415. The van der Waals surface area contributed by atoms with Gasteiger partial charge in [0.25, 0.3) is 11.5 Å². The highest BCUT2D eigenvalue weighted by atomic mass is 35.5. The topological polar surface area (TPSA) is 104 Å². The number of hydrogen-bond acceptors (Lipinski definition) is 5. The smallest absolute Gasteiger partial charge is 0.255 e. The second kappa shape index (κ2) is 9.11. The van der Waals surface area contributed by atoms with Gasteiger partial charge in [-0.25, -0.2) is 4.98 Å². The molecule has 3 N–H and O–H groups in total. The molecule has 7 nitrogen and oxygen atoms in total. The van der Waals surface area contributed by atoms with Crippen LogP contribution < -0.4 is 15.6 Å². The molecule has 0 unspecified atom stereocenters. The second-order valence-corrected chi connectivity index (χ2v) is 7.67. The van der Waals surface area contributed by atoms with E-state index in [0.29, 0.717) is 27.4 Å². The van der Waals surface area contributed by atoms with Crippen LogP contribution in [0.2, 0.25) is 5.02 Å². The molecule has 162 valence electrons. The number of nitrogens with zero attached hydrogens (tertiary/aromatic N) is 1. The molecule has 0 saturated carbocycles. The number of rotatable bonds is 6. The Morgan fingerprint density at radius 1 is 1.16 bits per heavy atom. The number of aromatic hydroxyl groups is 1. The first kappa shape index (κ1) is 21.4. The summed E-state index contributed by atoms with van der Waals surface area (Å²) in [4.78, 5) is 32.0. The van der Waals surface area contributed by atoms with Gasteiger partial charge in [0.15, 0.2) is 0 Å². The molecule has 0 atom stereocenters. The number of halogens is 1. The van der Waals surface area contributed by atoms with Gasteiger partial charge in [0.2, 0.25) is 5.88 Å². The summed E-state index contributed by atoms with van der Waals surface area (Å²) in [6, 6.07) is 15.4. The van der Waals surface area contributed by atoms with Crippen LogP contribution in [0.3, 0.4) is 0 Å². The Morgan fingerprint density at radius 3 is 2.78 bits per heavy atom. The van der Waals surface area contributed by atoms with Gasteiger partial charge >= 0.3 is 0 Å². The highest BCUT2D eigenvalue weighted by Gasteiger charge is 2.15. The van der Waals surface area contributed by atoms with Crippen molar-refractivity contribution in [3.05, 3.63) is 98.4 Å². The van der Waals surface area contributed by atoms with E-state index in [1.54, 1.807) is 54.7 Å². The Labute approximate surface area is 188 Å². The zero-order chi connectivity index (χ0) is 22.7. The van der Waals surface area contributed by atoms with E-state index in [9.17, 15) is 14.7 Å². The maximum absolute atomic E-state index is 12.7. The van der Waals surface area contributed by atoms with Crippen molar-refractivity contribution >= 4 is 28.4 Å². The van der Waals surface area contributed by atoms with Crippen LogP contribution in [-0.2, 0) is 13.0 Å². The minimum absolute atomic E-state index is 0.155. The fraction of sp³-hybridized carbons (Fsp3) is 0.125. The Morgan fingerprint density at radius 2 is 2.00 bits per heavy atom. The molecule has 0 bridgehead atoms. The van der Waals surface area contributed by atoms with E-state index in [2.05, 4.69) is 15.3 Å². The molecule has 32 heavy (non-hydrogen) atoms. The Balaban J connectivity index is 1.61. The molecule has 0 radical (unpaired) electrons.